The van der Waals surface area contributed by atoms with Crippen molar-refractivity contribution in [2.24, 2.45) is 0 Å². The number of carbonyl (C=O) groups is 1. The second kappa shape index (κ2) is 6.17. The third-order valence-electron chi connectivity index (χ3n) is 3.09. The second-order valence-corrected chi connectivity index (χ2v) is 7.03. The van der Waals surface area contributed by atoms with Crippen LogP contribution in [-0.2, 0) is 10.3 Å². The van der Waals surface area contributed by atoms with Crippen molar-refractivity contribution in [3.63, 3.8) is 0 Å². The molecule has 0 atom stereocenters. The number of fused-ring (bicyclic) bond motifs is 1. The lowest BCUT2D eigenvalue weighted by Gasteiger charge is -2.21. The van der Waals surface area contributed by atoms with E-state index in [2.05, 4.69) is 15.8 Å². The van der Waals surface area contributed by atoms with Crippen LogP contribution in [0, 0.1) is 0 Å². The maximum atomic E-state index is 11.8. The van der Waals surface area contributed by atoms with Gasteiger partial charge in [0.05, 0.1) is 6.61 Å². The van der Waals surface area contributed by atoms with Gasteiger partial charge in [0, 0.05) is 11.1 Å². The summed E-state index contributed by atoms with van der Waals surface area (Å²) in [5.74, 6) is 0.641. The maximum Gasteiger partial charge on any atom is 0.343 e. The summed E-state index contributed by atoms with van der Waals surface area (Å²) in [5, 5.41) is 11.7. The molecule has 1 heterocycles. The number of anilines is 1. The van der Waals surface area contributed by atoms with Gasteiger partial charge in [0.2, 0.25) is 5.89 Å². The van der Waals surface area contributed by atoms with E-state index < -0.39 is 11.6 Å². The van der Waals surface area contributed by atoms with E-state index in [-0.39, 0.29) is 12.0 Å². The highest BCUT2D eigenvalue weighted by Gasteiger charge is 2.21. The number of hydroxylamine groups is 1. The van der Waals surface area contributed by atoms with Crippen molar-refractivity contribution in [1.29, 1.82) is 0 Å². The Hall–Kier alpha value is -2.12. The molecule has 23 heavy (non-hydrogen) atoms. The molecule has 0 radical (unpaired) electrons. The number of aliphatic hydroxyl groups excluding tert-OH is 1. The molecule has 0 fully saturated rings. The molecule has 0 aliphatic carbocycles. The highest BCUT2D eigenvalue weighted by atomic mass is 16.7. The maximum absolute atomic E-state index is 11.8. The summed E-state index contributed by atoms with van der Waals surface area (Å²) in [6.07, 6.45) is 0. The molecule has 2 aromatic rings. The van der Waals surface area contributed by atoms with E-state index in [4.69, 9.17) is 14.4 Å². The summed E-state index contributed by atoms with van der Waals surface area (Å²) < 4.78 is 5.71. The van der Waals surface area contributed by atoms with Crippen molar-refractivity contribution < 1.29 is 19.2 Å². The molecule has 0 unspecified atom stereocenters. The van der Waals surface area contributed by atoms with Gasteiger partial charge in [0.15, 0.2) is 5.58 Å². The number of benzene rings is 1. The Labute approximate surface area is 135 Å². The molecule has 0 spiro atoms. The fourth-order valence-corrected chi connectivity index (χ4v) is 1.70. The molecule has 1 aromatic heterocycles. The number of urea groups is 1. The normalized spacial score (nSPS) is 12.4. The van der Waals surface area contributed by atoms with Crippen LogP contribution in [-0.4, -0.2) is 28.3 Å². The summed E-state index contributed by atoms with van der Waals surface area (Å²) in [7, 11) is 0. The first kappa shape index (κ1) is 17.2. The molecule has 7 heteroatoms. The van der Waals surface area contributed by atoms with Gasteiger partial charge in [-0.2, -0.15) is 0 Å². The van der Waals surface area contributed by atoms with Gasteiger partial charge in [0.25, 0.3) is 0 Å². The van der Waals surface area contributed by atoms with Crippen LogP contribution in [0.2, 0.25) is 0 Å². The smallest absolute Gasteiger partial charge is 0.343 e. The number of rotatable bonds is 4. The lowest BCUT2D eigenvalue weighted by Crippen LogP contribution is -2.40. The third-order valence-corrected chi connectivity index (χ3v) is 3.09. The van der Waals surface area contributed by atoms with Gasteiger partial charge in [-0.3, -0.25) is 4.84 Å². The number of aliphatic hydroxyl groups is 1. The zero-order valence-corrected chi connectivity index (χ0v) is 14.1. The average molecular weight is 321 g/mol. The van der Waals surface area contributed by atoms with E-state index in [0.29, 0.717) is 22.7 Å². The fourth-order valence-electron chi connectivity index (χ4n) is 1.70. The second-order valence-electron chi connectivity index (χ2n) is 7.03. The molecule has 1 aromatic carbocycles. The molecule has 0 saturated heterocycles. The van der Waals surface area contributed by atoms with Crippen LogP contribution in [0.1, 0.15) is 40.5 Å². The molecular formula is C16H23N3O4. The van der Waals surface area contributed by atoms with Crippen molar-refractivity contribution in [3.8, 4) is 0 Å². The SMILES string of the molecule is CC(C)(CO)ONC(=O)Nc1ccc2oc(C(C)(C)C)nc2c1. The molecule has 2 rings (SSSR count). The highest BCUT2D eigenvalue weighted by Crippen LogP contribution is 2.27. The minimum Gasteiger partial charge on any atom is -0.440 e. The van der Waals surface area contributed by atoms with Crippen LogP contribution < -0.4 is 10.8 Å². The van der Waals surface area contributed by atoms with Gasteiger partial charge in [-0.25, -0.2) is 15.3 Å². The van der Waals surface area contributed by atoms with Gasteiger partial charge in [-0.1, -0.05) is 20.8 Å². The molecule has 0 saturated carbocycles. The number of nitrogens with zero attached hydrogens (tertiary/aromatic N) is 1. The Bertz CT molecular complexity index is 701. The van der Waals surface area contributed by atoms with Gasteiger partial charge in [-0.15, -0.1) is 0 Å². The van der Waals surface area contributed by atoms with Crippen molar-refractivity contribution >= 4 is 22.8 Å². The van der Waals surface area contributed by atoms with Gasteiger partial charge in [-0.05, 0) is 32.0 Å². The van der Waals surface area contributed by atoms with Gasteiger partial charge in [0.1, 0.15) is 11.1 Å². The van der Waals surface area contributed by atoms with Crippen LogP contribution in [0.5, 0.6) is 0 Å². The zero-order chi connectivity index (χ0) is 17.3. The lowest BCUT2D eigenvalue weighted by atomic mass is 9.97. The molecule has 0 aliphatic heterocycles. The number of hydrogen-bond donors (Lipinski definition) is 3. The van der Waals surface area contributed by atoms with E-state index in [0.717, 1.165) is 0 Å². The monoisotopic (exact) mass is 321 g/mol. The number of amides is 2. The Morgan fingerprint density at radius 2 is 2.00 bits per heavy atom. The quantitative estimate of drug-likeness (QED) is 0.752. The minimum atomic E-state index is -0.852. The largest absolute Gasteiger partial charge is 0.440 e. The van der Waals surface area contributed by atoms with Crippen molar-refractivity contribution in [2.45, 2.75) is 45.6 Å². The van der Waals surface area contributed by atoms with Crippen molar-refractivity contribution in [1.82, 2.24) is 10.5 Å². The van der Waals surface area contributed by atoms with Gasteiger partial charge >= 0.3 is 6.03 Å². The third kappa shape index (κ3) is 4.43. The summed E-state index contributed by atoms with van der Waals surface area (Å²) >= 11 is 0. The first-order valence-electron chi connectivity index (χ1n) is 7.38. The number of hydrogen-bond acceptors (Lipinski definition) is 5. The van der Waals surface area contributed by atoms with E-state index in [1.807, 2.05) is 20.8 Å². The van der Waals surface area contributed by atoms with Crippen LogP contribution in [0.25, 0.3) is 11.1 Å². The van der Waals surface area contributed by atoms with E-state index >= 15 is 0 Å². The Morgan fingerprint density at radius 1 is 1.30 bits per heavy atom. The van der Waals surface area contributed by atoms with Crippen LogP contribution >= 0.6 is 0 Å². The van der Waals surface area contributed by atoms with Gasteiger partial charge < -0.3 is 14.8 Å². The first-order chi connectivity index (χ1) is 10.6. The number of aromatic nitrogens is 1. The lowest BCUT2D eigenvalue weighted by molar-refractivity contribution is -0.0907. The van der Waals surface area contributed by atoms with Crippen LogP contribution in [0.15, 0.2) is 22.6 Å². The topological polar surface area (TPSA) is 96.6 Å². The predicted molar refractivity (Wildman–Crippen MR) is 87.1 cm³/mol. The molecule has 7 nitrogen and oxygen atoms in total. The fraction of sp³-hybridized carbons (Fsp3) is 0.500. The highest BCUT2D eigenvalue weighted by molar-refractivity contribution is 5.91. The minimum absolute atomic E-state index is 0.187. The average Bonchev–Trinajstić information content (AvgIpc) is 2.89. The van der Waals surface area contributed by atoms with Crippen molar-refractivity contribution in [3.05, 3.63) is 24.1 Å². The van der Waals surface area contributed by atoms with Crippen molar-refractivity contribution in [2.75, 3.05) is 11.9 Å². The van der Waals surface area contributed by atoms with E-state index in [1.54, 1.807) is 32.0 Å². The number of oxazole rings is 1. The van der Waals surface area contributed by atoms with Crippen LogP contribution in [0.4, 0.5) is 10.5 Å². The first-order valence-corrected chi connectivity index (χ1v) is 7.38. The summed E-state index contributed by atoms with van der Waals surface area (Å²) in [4.78, 5) is 21.4. The van der Waals surface area contributed by atoms with E-state index in [9.17, 15) is 4.79 Å². The zero-order valence-electron chi connectivity index (χ0n) is 14.1. The molecule has 0 bridgehead atoms. The number of carbonyl (C=O) groups excluding carboxylic acids is 1. The Morgan fingerprint density at radius 3 is 2.61 bits per heavy atom. The molecule has 3 N–H and O–H groups in total. The summed E-state index contributed by atoms with van der Waals surface area (Å²) in [6.45, 7) is 9.15. The summed E-state index contributed by atoms with van der Waals surface area (Å²) in [5.41, 5.74) is 3.11. The molecule has 126 valence electrons. The number of nitrogens with one attached hydrogen (secondary N) is 2. The Kier molecular flexibility index (Phi) is 4.63. The molecule has 2 amide bonds. The molecular weight excluding hydrogens is 298 g/mol. The Balaban J connectivity index is 2.07. The molecule has 0 aliphatic rings. The van der Waals surface area contributed by atoms with Crippen LogP contribution in [0.3, 0.4) is 0 Å². The van der Waals surface area contributed by atoms with E-state index in [1.165, 1.54) is 0 Å². The summed E-state index contributed by atoms with van der Waals surface area (Å²) in [6, 6.07) is 4.66. The standard InChI is InChI=1S/C16H23N3O4/c1-15(2,3)13-18-11-8-10(6-7-12(11)22-13)17-14(21)19-23-16(4,5)9-20/h6-8,20H,9H2,1-5H3,(H2,17,19,21). The predicted octanol–water partition coefficient (Wildman–Crippen LogP) is 2.95.